The molecule has 0 aromatic carbocycles. The van der Waals surface area contributed by atoms with E-state index in [0.717, 1.165) is 25.9 Å². The van der Waals surface area contributed by atoms with Crippen molar-refractivity contribution in [2.24, 2.45) is 0 Å². The van der Waals surface area contributed by atoms with E-state index in [-0.39, 0.29) is 29.7 Å². The van der Waals surface area contributed by atoms with Gasteiger partial charge in [0.25, 0.3) is 0 Å². The van der Waals surface area contributed by atoms with Crippen molar-refractivity contribution >= 4 is 17.1 Å². The van der Waals surface area contributed by atoms with Gasteiger partial charge in [-0.25, -0.2) is 4.52 Å². The minimum atomic E-state index is -0.155. The molecule has 1 aliphatic heterocycles. The van der Waals surface area contributed by atoms with Crippen LogP contribution in [0.1, 0.15) is 19.3 Å². The van der Waals surface area contributed by atoms with E-state index >= 15 is 0 Å². The van der Waals surface area contributed by atoms with Crippen LogP contribution in [0.15, 0.2) is 12.4 Å². The summed E-state index contributed by atoms with van der Waals surface area (Å²) in [7, 11) is 0. The standard InChI is InChI=1S/C13H16ClN3O4/c14-10-8-17-12(9(18)7-15-17)13(16-10)21-6-5-20-11-3-1-2-4-19-11/h7-8,11,18H,1-6H2. The van der Waals surface area contributed by atoms with Crippen molar-refractivity contribution in [3.05, 3.63) is 17.5 Å². The van der Waals surface area contributed by atoms with Crippen LogP contribution in [-0.4, -0.2) is 45.8 Å². The van der Waals surface area contributed by atoms with Crippen molar-refractivity contribution in [2.45, 2.75) is 25.6 Å². The maximum absolute atomic E-state index is 9.75. The fraction of sp³-hybridized carbons (Fsp3) is 0.538. The maximum Gasteiger partial charge on any atom is 0.245 e. The van der Waals surface area contributed by atoms with Crippen LogP contribution in [0.3, 0.4) is 0 Å². The molecule has 21 heavy (non-hydrogen) atoms. The van der Waals surface area contributed by atoms with Crippen LogP contribution in [0.25, 0.3) is 5.52 Å². The van der Waals surface area contributed by atoms with Gasteiger partial charge in [0.1, 0.15) is 6.61 Å². The first-order valence-corrected chi connectivity index (χ1v) is 7.20. The molecule has 2 aromatic rings. The number of hydrogen-bond acceptors (Lipinski definition) is 6. The topological polar surface area (TPSA) is 78.1 Å². The number of hydrogen-bond donors (Lipinski definition) is 1. The monoisotopic (exact) mass is 313 g/mol. The molecule has 1 unspecified atom stereocenters. The van der Waals surface area contributed by atoms with E-state index in [1.165, 1.54) is 16.9 Å². The van der Waals surface area contributed by atoms with Gasteiger partial charge in [0.05, 0.1) is 19.0 Å². The summed E-state index contributed by atoms with van der Waals surface area (Å²) in [5, 5.41) is 13.9. The van der Waals surface area contributed by atoms with E-state index in [2.05, 4.69) is 10.1 Å². The first-order chi connectivity index (χ1) is 10.2. The van der Waals surface area contributed by atoms with Gasteiger partial charge in [-0.05, 0) is 19.3 Å². The van der Waals surface area contributed by atoms with Gasteiger partial charge in [-0.1, -0.05) is 11.6 Å². The largest absolute Gasteiger partial charge is 0.504 e. The first kappa shape index (κ1) is 14.4. The molecular weight excluding hydrogens is 298 g/mol. The molecule has 1 fully saturated rings. The van der Waals surface area contributed by atoms with Crippen molar-refractivity contribution in [3.63, 3.8) is 0 Å². The number of aromatic hydroxyl groups is 1. The minimum Gasteiger partial charge on any atom is -0.504 e. The summed E-state index contributed by atoms with van der Waals surface area (Å²) in [6.45, 7) is 1.40. The molecule has 0 bridgehead atoms. The van der Waals surface area contributed by atoms with Crippen molar-refractivity contribution in [2.75, 3.05) is 19.8 Å². The molecule has 0 saturated carbocycles. The van der Waals surface area contributed by atoms with Crippen molar-refractivity contribution < 1.29 is 19.3 Å². The third kappa shape index (κ3) is 3.37. The quantitative estimate of drug-likeness (QED) is 0.851. The lowest BCUT2D eigenvalue weighted by Crippen LogP contribution is -2.24. The molecule has 114 valence electrons. The first-order valence-electron chi connectivity index (χ1n) is 6.83. The van der Waals surface area contributed by atoms with E-state index in [1.54, 1.807) is 0 Å². The number of aromatic nitrogens is 3. The van der Waals surface area contributed by atoms with E-state index < -0.39 is 0 Å². The Hall–Kier alpha value is -1.57. The van der Waals surface area contributed by atoms with Gasteiger partial charge >= 0.3 is 0 Å². The molecule has 8 heteroatoms. The van der Waals surface area contributed by atoms with E-state index in [4.69, 9.17) is 25.8 Å². The highest BCUT2D eigenvalue weighted by Gasteiger charge is 2.15. The van der Waals surface area contributed by atoms with E-state index in [0.29, 0.717) is 12.1 Å². The summed E-state index contributed by atoms with van der Waals surface area (Å²) in [5.41, 5.74) is 0.383. The van der Waals surface area contributed by atoms with Gasteiger partial charge in [0, 0.05) is 6.61 Å². The van der Waals surface area contributed by atoms with Gasteiger partial charge in [-0.2, -0.15) is 10.1 Å². The van der Waals surface area contributed by atoms with Gasteiger partial charge in [0.2, 0.25) is 5.88 Å². The normalized spacial score (nSPS) is 19.0. The Kier molecular flexibility index (Phi) is 4.42. The maximum atomic E-state index is 9.75. The highest BCUT2D eigenvalue weighted by Crippen LogP contribution is 2.27. The number of fused-ring (bicyclic) bond motifs is 1. The smallest absolute Gasteiger partial charge is 0.245 e. The predicted molar refractivity (Wildman–Crippen MR) is 74.7 cm³/mol. The molecule has 1 aliphatic rings. The van der Waals surface area contributed by atoms with Gasteiger partial charge < -0.3 is 19.3 Å². The Labute approximate surface area is 126 Å². The Morgan fingerprint density at radius 3 is 3.14 bits per heavy atom. The summed E-state index contributed by atoms with van der Waals surface area (Å²) < 4.78 is 18.0. The summed E-state index contributed by atoms with van der Waals surface area (Å²) in [5.74, 6) is 0.219. The number of halogens is 1. The molecule has 3 rings (SSSR count). The van der Waals surface area contributed by atoms with Crippen LogP contribution in [0, 0.1) is 0 Å². The average molecular weight is 314 g/mol. The second-order valence-electron chi connectivity index (χ2n) is 4.71. The molecule has 1 N–H and O–H groups in total. The third-order valence-electron chi connectivity index (χ3n) is 3.18. The Bertz CT molecular complexity index is 613. The van der Waals surface area contributed by atoms with Crippen LogP contribution in [0.2, 0.25) is 5.15 Å². The second-order valence-corrected chi connectivity index (χ2v) is 5.09. The van der Waals surface area contributed by atoms with E-state index in [1.807, 2.05) is 0 Å². The molecule has 0 spiro atoms. The summed E-state index contributed by atoms with van der Waals surface area (Å²) in [4.78, 5) is 4.05. The molecule has 7 nitrogen and oxygen atoms in total. The lowest BCUT2D eigenvalue weighted by atomic mass is 10.2. The van der Waals surface area contributed by atoms with Crippen LogP contribution in [0.4, 0.5) is 0 Å². The average Bonchev–Trinajstić information content (AvgIpc) is 2.86. The molecule has 0 amide bonds. The summed E-state index contributed by atoms with van der Waals surface area (Å²) >= 11 is 5.88. The molecular formula is C13H16ClN3O4. The molecule has 1 saturated heterocycles. The van der Waals surface area contributed by atoms with E-state index in [9.17, 15) is 5.11 Å². The van der Waals surface area contributed by atoms with Crippen molar-refractivity contribution in [1.29, 1.82) is 0 Å². The zero-order valence-corrected chi connectivity index (χ0v) is 12.1. The fourth-order valence-electron chi connectivity index (χ4n) is 2.20. The Morgan fingerprint density at radius 2 is 2.33 bits per heavy atom. The highest BCUT2D eigenvalue weighted by molar-refractivity contribution is 6.29. The molecule has 3 heterocycles. The van der Waals surface area contributed by atoms with Crippen LogP contribution in [0.5, 0.6) is 11.6 Å². The zero-order valence-electron chi connectivity index (χ0n) is 11.4. The highest BCUT2D eigenvalue weighted by atomic mass is 35.5. The molecule has 2 aromatic heterocycles. The third-order valence-corrected chi connectivity index (χ3v) is 3.36. The van der Waals surface area contributed by atoms with Gasteiger partial charge in [-0.15, -0.1) is 0 Å². The lowest BCUT2D eigenvalue weighted by molar-refractivity contribution is -0.165. The van der Waals surface area contributed by atoms with Gasteiger partial charge in [-0.3, -0.25) is 0 Å². The van der Waals surface area contributed by atoms with Crippen LogP contribution < -0.4 is 4.74 Å². The van der Waals surface area contributed by atoms with Crippen molar-refractivity contribution in [3.8, 4) is 11.6 Å². The number of ether oxygens (including phenoxy) is 3. The second kappa shape index (κ2) is 6.46. The number of nitrogens with zero attached hydrogens (tertiary/aromatic N) is 3. The zero-order chi connectivity index (χ0) is 14.7. The van der Waals surface area contributed by atoms with Gasteiger partial charge in [0.15, 0.2) is 22.7 Å². The summed E-state index contributed by atoms with van der Waals surface area (Å²) in [6.07, 6.45) is 5.76. The molecule has 0 radical (unpaired) electrons. The predicted octanol–water partition coefficient (Wildman–Crippen LogP) is 2.01. The Balaban J connectivity index is 1.58. The lowest BCUT2D eigenvalue weighted by Gasteiger charge is -2.22. The fourth-order valence-corrected chi connectivity index (χ4v) is 2.37. The Morgan fingerprint density at radius 1 is 1.43 bits per heavy atom. The van der Waals surface area contributed by atoms with Crippen molar-refractivity contribution in [1.82, 2.24) is 14.6 Å². The minimum absolute atomic E-state index is 0.00861. The van der Waals surface area contributed by atoms with Crippen LogP contribution in [-0.2, 0) is 9.47 Å². The van der Waals surface area contributed by atoms with Crippen LogP contribution >= 0.6 is 11.6 Å². The molecule has 0 aliphatic carbocycles. The number of rotatable bonds is 5. The SMILES string of the molecule is Oc1cnn2cc(Cl)nc(OCCOC3CCCCO3)c12. The molecule has 1 atom stereocenters. The summed E-state index contributed by atoms with van der Waals surface area (Å²) in [6, 6.07) is 0.